The lowest BCUT2D eigenvalue weighted by Gasteiger charge is -2.15. The van der Waals surface area contributed by atoms with Crippen LogP contribution in [0.3, 0.4) is 0 Å². The fourth-order valence-corrected chi connectivity index (χ4v) is 1.86. The second kappa shape index (κ2) is 8.30. The van der Waals surface area contributed by atoms with Crippen molar-refractivity contribution in [2.24, 2.45) is 0 Å². The van der Waals surface area contributed by atoms with E-state index in [1.807, 2.05) is 6.08 Å². The van der Waals surface area contributed by atoms with Gasteiger partial charge in [0.05, 0.1) is 0 Å². The lowest BCUT2D eigenvalue weighted by Crippen LogP contribution is -2.29. The summed E-state index contributed by atoms with van der Waals surface area (Å²) in [4.78, 5) is 11.1. The molecule has 0 saturated heterocycles. The zero-order chi connectivity index (χ0) is 15.0. The van der Waals surface area contributed by atoms with E-state index in [1.54, 1.807) is 0 Å². The van der Waals surface area contributed by atoms with E-state index in [2.05, 4.69) is 11.9 Å². The van der Waals surface area contributed by atoms with Gasteiger partial charge in [0.25, 0.3) is 0 Å². The molecule has 1 aromatic rings. The highest BCUT2D eigenvalue weighted by Crippen LogP contribution is 2.16. The predicted octanol–water partition coefficient (Wildman–Crippen LogP) is 3.97. The van der Waals surface area contributed by atoms with Crippen LogP contribution in [-0.4, -0.2) is 17.1 Å². The number of hydrogen-bond donors (Lipinski definition) is 2. The third kappa shape index (κ3) is 5.38. The molecule has 1 rings (SSSR count). The van der Waals surface area contributed by atoms with Crippen LogP contribution in [0, 0.1) is 11.6 Å². The van der Waals surface area contributed by atoms with Crippen molar-refractivity contribution in [3.63, 3.8) is 0 Å². The molecule has 0 aromatic heterocycles. The number of carboxylic acid groups (broad SMARTS) is 1. The molecular weight excluding hydrogens is 264 g/mol. The number of rotatable bonds is 9. The van der Waals surface area contributed by atoms with Crippen LogP contribution in [0.15, 0.2) is 30.9 Å². The maximum Gasteiger partial charge on any atom is 0.326 e. The molecule has 0 bridgehead atoms. The van der Waals surface area contributed by atoms with Crippen LogP contribution in [0.25, 0.3) is 0 Å². The van der Waals surface area contributed by atoms with Gasteiger partial charge in [-0.1, -0.05) is 18.9 Å². The minimum Gasteiger partial charge on any atom is -0.480 e. The first kappa shape index (κ1) is 16.1. The molecule has 3 nitrogen and oxygen atoms in total. The van der Waals surface area contributed by atoms with E-state index in [4.69, 9.17) is 5.11 Å². The van der Waals surface area contributed by atoms with E-state index in [1.165, 1.54) is 6.07 Å². The summed E-state index contributed by atoms with van der Waals surface area (Å²) in [5.74, 6) is -2.95. The van der Waals surface area contributed by atoms with Gasteiger partial charge in [-0.3, -0.25) is 0 Å². The van der Waals surface area contributed by atoms with E-state index in [0.29, 0.717) is 6.42 Å². The van der Waals surface area contributed by atoms with Crippen molar-refractivity contribution in [1.82, 2.24) is 0 Å². The van der Waals surface area contributed by atoms with Crippen molar-refractivity contribution in [1.29, 1.82) is 0 Å². The number of nitrogens with one attached hydrogen (secondary N) is 1. The van der Waals surface area contributed by atoms with Crippen LogP contribution in [0.1, 0.15) is 32.1 Å². The van der Waals surface area contributed by atoms with Crippen molar-refractivity contribution in [3.8, 4) is 0 Å². The first-order valence-corrected chi connectivity index (χ1v) is 6.60. The summed E-state index contributed by atoms with van der Waals surface area (Å²) in [5, 5.41) is 11.8. The SMILES string of the molecule is C=CCCCCC[C@H](Nc1ccc(F)c(F)c1)C(=O)O. The quantitative estimate of drug-likeness (QED) is 0.532. The summed E-state index contributed by atoms with van der Waals surface area (Å²) in [6, 6.07) is 2.46. The number of allylic oxidation sites excluding steroid dienone is 1. The first-order chi connectivity index (χ1) is 9.54. The predicted molar refractivity (Wildman–Crippen MR) is 74.7 cm³/mol. The number of carbonyl (C=O) groups is 1. The second-order valence-corrected chi connectivity index (χ2v) is 4.59. The van der Waals surface area contributed by atoms with E-state index >= 15 is 0 Å². The number of benzene rings is 1. The fraction of sp³-hybridized carbons (Fsp3) is 0.400. The Hall–Kier alpha value is -1.91. The van der Waals surface area contributed by atoms with Crippen molar-refractivity contribution in [2.45, 2.75) is 38.1 Å². The maximum absolute atomic E-state index is 13.1. The van der Waals surface area contributed by atoms with Gasteiger partial charge in [-0.15, -0.1) is 6.58 Å². The van der Waals surface area contributed by atoms with E-state index < -0.39 is 23.6 Å². The monoisotopic (exact) mass is 283 g/mol. The summed E-state index contributed by atoms with van der Waals surface area (Å²) in [6.45, 7) is 3.62. The number of anilines is 1. The Bertz CT molecular complexity index is 463. The van der Waals surface area contributed by atoms with Crippen LogP contribution in [-0.2, 0) is 4.79 Å². The van der Waals surface area contributed by atoms with Crippen molar-refractivity contribution in [3.05, 3.63) is 42.5 Å². The van der Waals surface area contributed by atoms with Crippen LogP contribution in [0.5, 0.6) is 0 Å². The van der Waals surface area contributed by atoms with E-state index in [9.17, 15) is 13.6 Å². The number of carboxylic acids is 1. The van der Waals surface area contributed by atoms with E-state index in [-0.39, 0.29) is 5.69 Å². The molecule has 0 radical (unpaired) electrons. The van der Waals surface area contributed by atoms with Crippen LogP contribution in [0.2, 0.25) is 0 Å². The third-order valence-electron chi connectivity index (χ3n) is 2.96. The van der Waals surface area contributed by atoms with Gasteiger partial charge < -0.3 is 10.4 Å². The largest absolute Gasteiger partial charge is 0.480 e. The molecule has 0 aliphatic rings. The molecule has 0 fully saturated rings. The molecule has 1 atom stereocenters. The Labute approximate surface area is 117 Å². The van der Waals surface area contributed by atoms with Gasteiger partial charge in [0.2, 0.25) is 0 Å². The molecule has 20 heavy (non-hydrogen) atoms. The first-order valence-electron chi connectivity index (χ1n) is 6.60. The molecule has 5 heteroatoms. The van der Waals surface area contributed by atoms with Crippen LogP contribution in [0.4, 0.5) is 14.5 Å². The standard InChI is InChI=1S/C15H19F2NO2/c1-2-3-4-5-6-7-14(15(19)20)18-11-8-9-12(16)13(17)10-11/h2,8-10,14,18H,1,3-7H2,(H,19,20)/t14-/m0/s1. The highest BCUT2D eigenvalue weighted by Gasteiger charge is 2.17. The fourth-order valence-electron chi connectivity index (χ4n) is 1.86. The molecule has 0 spiro atoms. The summed E-state index contributed by atoms with van der Waals surface area (Å²) in [7, 11) is 0. The molecule has 0 unspecified atom stereocenters. The summed E-state index contributed by atoms with van der Waals surface area (Å²) < 4.78 is 25.8. The number of hydrogen-bond acceptors (Lipinski definition) is 2. The van der Waals surface area contributed by atoms with Crippen molar-refractivity contribution in [2.75, 3.05) is 5.32 Å². The minimum atomic E-state index is -1.00. The van der Waals surface area contributed by atoms with Gasteiger partial charge in [-0.2, -0.15) is 0 Å². The molecule has 0 saturated carbocycles. The Kier molecular flexibility index (Phi) is 6.70. The molecule has 0 amide bonds. The summed E-state index contributed by atoms with van der Waals surface area (Å²) in [6.07, 6.45) is 5.81. The Balaban J connectivity index is 2.51. The minimum absolute atomic E-state index is 0.266. The molecule has 110 valence electrons. The Morgan fingerprint density at radius 3 is 2.65 bits per heavy atom. The second-order valence-electron chi connectivity index (χ2n) is 4.59. The van der Waals surface area contributed by atoms with Crippen molar-refractivity contribution < 1.29 is 18.7 Å². The Morgan fingerprint density at radius 2 is 2.05 bits per heavy atom. The lowest BCUT2D eigenvalue weighted by atomic mass is 10.1. The highest BCUT2D eigenvalue weighted by molar-refractivity contribution is 5.77. The van der Waals surface area contributed by atoms with Gasteiger partial charge in [-0.05, 0) is 31.4 Å². The van der Waals surface area contributed by atoms with E-state index in [0.717, 1.165) is 37.8 Å². The molecular formula is C15H19F2NO2. The summed E-state index contributed by atoms with van der Waals surface area (Å²) in [5.41, 5.74) is 0.266. The average molecular weight is 283 g/mol. The molecule has 0 heterocycles. The third-order valence-corrected chi connectivity index (χ3v) is 2.96. The number of aliphatic carboxylic acids is 1. The lowest BCUT2D eigenvalue weighted by molar-refractivity contribution is -0.138. The van der Waals surface area contributed by atoms with Gasteiger partial charge in [0.15, 0.2) is 11.6 Å². The zero-order valence-corrected chi connectivity index (χ0v) is 11.2. The van der Waals surface area contributed by atoms with Crippen LogP contribution < -0.4 is 5.32 Å². The highest BCUT2D eigenvalue weighted by atomic mass is 19.2. The molecule has 2 N–H and O–H groups in total. The van der Waals surface area contributed by atoms with Crippen molar-refractivity contribution >= 4 is 11.7 Å². The Morgan fingerprint density at radius 1 is 1.30 bits per heavy atom. The number of unbranched alkanes of at least 4 members (excludes halogenated alkanes) is 3. The van der Waals surface area contributed by atoms with Gasteiger partial charge in [0.1, 0.15) is 6.04 Å². The summed E-state index contributed by atoms with van der Waals surface area (Å²) >= 11 is 0. The van der Waals surface area contributed by atoms with Crippen LogP contribution >= 0.6 is 0 Å². The van der Waals surface area contributed by atoms with Gasteiger partial charge in [0, 0.05) is 11.8 Å². The molecule has 0 aliphatic carbocycles. The smallest absolute Gasteiger partial charge is 0.326 e. The van der Waals surface area contributed by atoms with Gasteiger partial charge >= 0.3 is 5.97 Å². The zero-order valence-electron chi connectivity index (χ0n) is 11.2. The maximum atomic E-state index is 13.1. The average Bonchev–Trinajstić information content (AvgIpc) is 2.41. The molecule has 1 aromatic carbocycles. The normalized spacial score (nSPS) is 11.9. The number of halogens is 2. The molecule has 0 aliphatic heterocycles. The van der Waals surface area contributed by atoms with Gasteiger partial charge in [-0.25, -0.2) is 13.6 Å². The topological polar surface area (TPSA) is 49.3 Å².